The number of amides is 1. The van der Waals surface area contributed by atoms with E-state index in [-0.39, 0.29) is 34.9 Å². The highest BCUT2D eigenvalue weighted by molar-refractivity contribution is 9.10. The molecule has 0 fully saturated rings. The number of carbonyl (C=O) groups excluding carboxylic acids is 3. The SMILES string of the molecule is CCOc1cc(C2C3=C(CC(C)(C)CC3=O)N(Cc3ccccc3)C3=C2C(=O)CC(C)(C)C3)cc(Br)c1OCC(=O)Nc1ccc(Cl)cc1. The van der Waals surface area contributed by atoms with E-state index in [1.807, 2.05) is 37.3 Å². The lowest BCUT2D eigenvalue weighted by molar-refractivity contribution is -0.120. The predicted octanol–water partition coefficient (Wildman–Crippen LogP) is 9.40. The second-order valence-electron chi connectivity index (χ2n) is 14.7. The zero-order valence-electron chi connectivity index (χ0n) is 28.6. The van der Waals surface area contributed by atoms with E-state index >= 15 is 0 Å². The van der Waals surface area contributed by atoms with Crippen LogP contribution in [0, 0.1) is 10.8 Å². The quantitative estimate of drug-likeness (QED) is 0.235. The Morgan fingerprint density at radius 3 is 2.04 bits per heavy atom. The molecule has 0 unspecified atom stereocenters. The molecule has 9 heteroatoms. The fourth-order valence-electron chi connectivity index (χ4n) is 7.36. The minimum atomic E-state index is -0.554. The van der Waals surface area contributed by atoms with E-state index < -0.39 is 5.92 Å². The van der Waals surface area contributed by atoms with Gasteiger partial charge in [0, 0.05) is 58.6 Å². The van der Waals surface area contributed by atoms with E-state index in [1.54, 1.807) is 24.3 Å². The second-order valence-corrected chi connectivity index (χ2v) is 16.0. The molecule has 1 aliphatic heterocycles. The van der Waals surface area contributed by atoms with Crippen molar-refractivity contribution in [2.45, 2.75) is 72.8 Å². The standard InChI is InChI=1S/C40H42BrClN2O5/c1-6-48-33-17-25(16-28(41)38(33)49-23-34(47)43-27-14-12-26(42)13-15-27)35-36-29(18-39(2,3)20-31(36)45)44(22-24-10-8-7-9-11-24)30-19-40(4,5)21-32(46)37(30)35/h7-17,35H,6,18-23H2,1-5H3,(H,43,47). The molecule has 0 atom stereocenters. The minimum Gasteiger partial charge on any atom is -0.490 e. The summed E-state index contributed by atoms with van der Waals surface area (Å²) in [6, 6.07) is 20.8. The molecule has 3 aromatic rings. The topological polar surface area (TPSA) is 84.9 Å². The van der Waals surface area contributed by atoms with Gasteiger partial charge in [-0.25, -0.2) is 0 Å². The first-order chi connectivity index (χ1) is 23.2. The van der Waals surface area contributed by atoms with Gasteiger partial charge in [-0.2, -0.15) is 0 Å². The minimum absolute atomic E-state index is 0.0618. The Bertz CT molecular complexity index is 1810. The maximum Gasteiger partial charge on any atom is 0.262 e. The van der Waals surface area contributed by atoms with Crippen LogP contribution in [-0.2, 0) is 20.9 Å². The molecule has 1 amide bonds. The molecule has 49 heavy (non-hydrogen) atoms. The number of ketones is 2. The molecular weight excluding hydrogens is 704 g/mol. The van der Waals surface area contributed by atoms with E-state index in [2.05, 4.69) is 66.0 Å². The molecule has 0 saturated carbocycles. The van der Waals surface area contributed by atoms with Gasteiger partial charge in [0.2, 0.25) is 0 Å². The highest BCUT2D eigenvalue weighted by atomic mass is 79.9. The molecule has 0 aromatic heterocycles. The van der Waals surface area contributed by atoms with Crippen molar-refractivity contribution in [1.29, 1.82) is 0 Å². The Kier molecular flexibility index (Phi) is 9.84. The number of ether oxygens (including phenoxy) is 2. The van der Waals surface area contributed by atoms with Crippen LogP contribution >= 0.6 is 27.5 Å². The highest BCUT2D eigenvalue weighted by Gasteiger charge is 2.49. The van der Waals surface area contributed by atoms with Gasteiger partial charge < -0.3 is 19.7 Å². The van der Waals surface area contributed by atoms with Crippen LogP contribution in [-0.4, -0.2) is 35.6 Å². The maximum atomic E-state index is 14.3. The molecule has 0 bridgehead atoms. The second kappa shape index (κ2) is 13.8. The molecule has 256 valence electrons. The van der Waals surface area contributed by atoms with Gasteiger partial charge in [-0.05, 0) is 94.1 Å². The summed E-state index contributed by atoms with van der Waals surface area (Å²) in [5.41, 5.74) is 5.39. The number of anilines is 1. The van der Waals surface area contributed by atoms with Crippen LogP contribution in [0.4, 0.5) is 5.69 Å². The summed E-state index contributed by atoms with van der Waals surface area (Å²) < 4.78 is 12.7. The smallest absolute Gasteiger partial charge is 0.262 e. The lowest BCUT2D eigenvalue weighted by Crippen LogP contribution is -2.44. The molecule has 1 N–H and O–H groups in total. The molecular formula is C40H42BrClN2O5. The van der Waals surface area contributed by atoms with Crippen LogP contribution in [0.3, 0.4) is 0 Å². The number of benzene rings is 3. The number of Topliss-reactive ketones (excluding diaryl/α,β-unsaturated/α-hetero) is 2. The summed E-state index contributed by atoms with van der Waals surface area (Å²) in [5, 5.41) is 3.38. The third-order valence-electron chi connectivity index (χ3n) is 9.35. The van der Waals surface area contributed by atoms with Crippen molar-refractivity contribution in [2.75, 3.05) is 18.5 Å². The van der Waals surface area contributed by atoms with Gasteiger partial charge in [0.25, 0.3) is 5.91 Å². The van der Waals surface area contributed by atoms with E-state index in [0.29, 0.717) is 76.7 Å². The first-order valence-electron chi connectivity index (χ1n) is 16.7. The Balaban J connectivity index is 1.44. The van der Waals surface area contributed by atoms with Gasteiger partial charge in [0.1, 0.15) is 0 Å². The largest absolute Gasteiger partial charge is 0.490 e. The van der Waals surface area contributed by atoms with Crippen LogP contribution in [0.15, 0.2) is 93.7 Å². The summed E-state index contributed by atoms with van der Waals surface area (Å²) in [5.74, 6) is 0.0193. The van der Waals surface area contributed by atoms with E-state index in [4.69, 9.17) is 21.1 Å². The first-order valence-corrected chi connectivity index (χ1v) is 17.9. The average Bonchev–Trinajstić information content (AvgIpc) is 3.02. The number of nitrogens with zero attached hydrogens (tertiary/aromatic N) is 1. The summed E-state index contributed by atoms with van der Waals surface area (Å²) in [4.78, 5) is 43.7. The van der Waals surface area contributed by atoms with E-state index in [1.165, 1.54) is 0 Å². The number of hydrogen-bond donors (Lipinski definition) is 1. The fourth-order valence-corrected chi connectivity index (χ4v) is 8.06. The molecule has 2 aliphatic carbocycles. The maximum absolute atomic E-state index is 14.3. The van der Waals surface area contributed by atoms with Gasteiger partial charge in [0.05, 0.1) is 11.1 Å². The fraction of sp³-hybridized carbons (Fsp3) is 0.375. The van der Waals surface area contributed by atoms with Crippen LogP contribution in [0.5, 0.6) is 11.5 Å². The van der Waals surface area contributed by atoms with Crippen molar-refractivity contribution in [1.82, 2.24) is 4.90 Å². The van der Waals surface area contributed by atoms with Gasteiger partial charge in [-0.15, -0.1) is 0 Å². The normalized spacial score (nSPS) is 18.6. The van der Waals surface area contributed by atoms with Crippen molar-refractivity contribution in [2.24, 2.45) is 10.8 Å². The van der Waals surface area contributed by atoms with Gasteiger partial charge >= 0.3 is 0 Å². The lowest BCUT2D eigenvalue weighted by Gasteiger charge is -2.49. The molecule has 0 spiro atoms. The molecule has 3 aromatic carbocycles. The molecule has 7 nitrogen and oxygen atoms in total. The Morgan fingerprint density at radius 1 is 0.878 bits per heavy atom. The summed E-state index contributed by atoms with van der Waals surface area (Å²) >= 11 is 9.67. The van der Waals surface area contributed by atoms with Crippen molar-refractivity contribution in [3.63, 3.8) is 0 Å². The molecule has 0 saturated heterocycles. The summed E-state index contributed by atoms with van der Waals surface area (Å²) in [6.07, 6.45) is 2.22. The summed E-state index contributed by atoms with van der Waals surface area (Å²) in [7, 11) is 0. The Labute approximate surface area is 301 Å². The van der Waals surface area contributed by atoms with Crippen molar-refractivity contribution in [3.8, 4) is 11.5 Å². The zero-order valence-corrected chi connectivity index (χ0v) is 31.0. The van der Waals surface area contributed by atoms with Crippen molar-refractivity contribution >= 4 is 50.7 Å². The van der Waals surface area contributed by atoms with Crippen LogP contribution in [0.2, 0.25) is 5.02 Å². The van der Waals surface area contributed by atoms with Gasteiger partial charge in [0.15, 0.2) is 29.7 Å². The summed E-state index contributed by atoms with van der Waals surface area (Å²) in [6.45, 7) is 11.1. The Morgan fingerprint density at radius 2 is 1.47 bits per heavy atom. The number of allylic oxidation sites excluding steroid dienone is 4. The third kappa shape index (κ3) is 7.51. The number of nitrogens with one attached hydrogen (secondary N) is 1. The average molecular weight is 746 g/mol. The van der Waals surface area contributed by atoms with Crippen LogP contribution in [0.1, 0.15) is 77.3 Å². The van der Waals surface area contributed by atoms with Crippen LogP contribution < -0.4 is 14.8 Å². The third-order valence-corrected chi connectivity index (χ3v) is 10.2. The van der Waals surface area contributed by atoms with E-state index in [0.717, 1.165) is 22.5 Å². The monoisotopic (exact) mass is 744 g/mol. The molecule has 0 radical (unpaired) electrons. The van der Waals surface area contributed by atoms with Gasteiger partial charge in [-0.3, -0.25) is 14.4 Å². The van der Waals surface area contributed by atoms with Crippen molar-refractivity contribution in [3.05, 3.63) is 110 Å². The number of rotatable bonds is 9. The first kappa shape index (κ1) is 35.0. The van der Waals surface area contributed by atoms with Gasteiger partial charge in [-0.1, -0.05) is 69.6 Å². The van der Waals surface area contributed by atoms with Crippen LogP contribution in [0.25, 0.3) is 0 Å². The number of halogens is 2. The zero-order chi connectivity index (χ0) is 35.1. The number of hydrogen-bond acceptors (Lipinski definition) is 6. The number of carbonyl (C=O) groups is 3. The van der Waals surface area contributed by atoms with Crippen molar-refractivity contribution < 1.29 is 23.9 Å². The molecule has 6 rings (SSSR count). The lowest BCUT2D eigenvalue weighted by atomic mass is 9.63. The predicted molar refractivity (Wildman–Crippen MR) is 196 cm³/mol. The molecule has 3 aliphatic rings. The highest BCUT2D eigenvalue weighted by Crippen LogP contribution is 2.55. The Hall–Kier alpha value is -3.88. The van der Waals surface area contributed by atoms with E-state index in [9.17, 15) is 14.4 Å². The molecule has 1 heterocycles.